The fourth-order valence-corrected chi connectivity index (χ4v) is 2.08. The van der Waals surface area contributed by atoms with Crippen LogP contribution in [0.15, 0.2) is 53.0 Å². The van der Waals surface area contributed by atoms with Gasteiger partial charge in [0.05, 0.1) is 7.11 Å². The molecule has 104 valence electrons. The van der Waals surface area contributed by atoms with E-state index in [1.807, 2.05) is 24.3 Å². The van der Waals surface area contributed by atoms with Crippen molar-refractivity contribution in [2.75, 3.05) is 12.4 Å². The monoisotopic (exact) mass is 335 g/mol. The Bertz CT molecular complexity index is 598. The fourth-order valence-electron chi connectivity index (χ4n) is 1.81. The number of aromatic hydroxyl groups is 1. The van der Waals surface area contributed by atoms with Gasteiger partial charge in [-0.15, -0.1) is 0 Å². The van der Waals surface area contributed by atoms with Gasteiger partial charge in [-0.25, -0.2) is 4.79 Å². The maximum atomic E-state index is 11.9. The molecular formula is C15H14BrNO3. The molecule has 0 spiro atoms. The molecule has 0 radical (unpaired) electrons. The minimum absolute atomic E-state index is 0.106. The molecule has 0 aliphatic heterocycles. The average Bonchev–Trinajstić information content (AvgIpc) is 2.46. The number of phenolic OH excluding ortho intramolecular Hbond substituents is 1. The first-order valence-corrected chi connectivity index (χ1v) is 6.78. The van der Waals surface area contributed by atoms with Crippen LogP contribution in [0.4, 0.5) is 5.69 Å². The molecule has 0 amide bonds. The van der Waals surface area contributed by atoms with Gasteiger partial charge in [0, 0.05) is 10.2 Å². The van der Waals surface area contributed by atoms with E-state index in [1.165, 1.54) is 13.2 Å². The number of hydrogen-bond donors (Lipinski definition) is 2. The number of esters is 1. The third-order valence-corrected chi connectivity index (χ3v) is 3.32. The molecule has 2 aromatic carbocycles. The zero-order valence-corrected chi connectivity index (χ0v) is 12.4. The Morgan fingerprint density at radius 1 is 1.25 bits per heavy atom. The number of benzene rings is 2. The average molecular weight is 336 g/mol. The molecule has 1 atom stereocenters. The van der Waals surface area contributed by atoms with Crippen LogP contribution in [0.1, 0.15) is 11.6 Å². The van der Waals surface area contributed by atoms with E-state index in [4.69, 9.17) is 4.74 Å². The summed E-state index contributed by atoms with van der Waals surface area (Å²) in [6, 6.07) is 13.3. The fraction of sp³-hybridized carbons (Fsp3) is 0.133. The second-order valence-electron chi connectivity index (χ2n) is 4.20. The zero-order chi connectivity index (χ0) is 14.5. The van der Waals surface area contributed by atoms with Crippen LogP contribution in [0.25, 0.3) is 0 Å². The number of nitrogens with one attached hydrogen (secondary N) is 1. The number of hydrogen-bond acceptors (Lipinski definition) is 4. The van der Waals surface area contributed by atoms with E-state index in [2.05, 4.69) is 21.2 Å². The van der Waals surface area contributed by atoms with Gasteiger partial charge in [-0.2, -0.15) is 0 Å². The van der Waals surface area contributed by atoms with Crippen LogP contribution >= 0.6 is 15.9 Å². The van der Waals surface area contributed by atoms with Crippen LogP contribution in [0.5, 0.6) is 5.75 Å². The van der Waals surface area contributed by atoms with E-state index in [0.29, 0.717) is 5.56 Å². The van der Waals surface area contributed by atoms with Gasteiger partial charge in [0.2, 0.25) is 0 Å². The Balaban J connectivity index is 2.28. The lowest BCUT2D eigenvalue weighted by Crippen LogP contribution is -2.22. The number of halogens is 1. The SMILES string of the molecule is COC(=O)C(Nc1ccc(Br)cc1)c1cccc(O)c1. The Hall–Kier alpha value is -2.01. The van der Waals surface area contributed by atoms with E-state index >= 15 is 0 Å². The third-order valence-electron chi connectivity index (χ3n) is 2.80. The number of carbonyl (C=O) groups excluding carboxylic acids is 1. The molecule has 0 fully saturated rings. The molecule has 0 saturated heterocycles. The van der Waals surface area contributed by atoms with Gasteiger partial charge >= 0.3 is 5.97 Å². The van der Waals surface area contributed by atoms with Gasteiger partial charge in [0.15, 0.2) is 6.04 Å². The molecule has 2 aromatic rings. The van der Waals surface area contributed by atoms with Crippen molar-refractivity contribution in [3.8, 4) is 5.75 Å². The molecule has 5 heteroatoms. The first-order valence-electron chi connectivity index (χ1n) is 5.99. The predicted octanol–water partition coefficient (Wildman–Crippen LogP) is 3.48. The van der Waals surface area contributed by atoms with Gasteiger partial charge in [-0.1, -0.05) is 28.1 Å². The molecule has 1 unspecified atom stereocenters. The van der Waals surface area contributed by atoms with Crippen molar-refractivity contribution >= 4 is 27.6 Å². The van der Waals surface area contributed by atoms with Crippen molar-refractivity contribution in [3.05, 3.63) is 58.6 Å². The summed E-state index contributed by atoms with van der Waals surface area (Å²) in [6.07, 6.45) is 0. The van der Waals surface area contributed by atoms with Crippen LogP contribution in [-0.4, -0.2) is 18.2 Å². The first-order chi connectivity index (χ1) is 9.60. The number of phenols is 1. The molecule has 4 nitrogen and oxygen atoms in total. The minimum atomic E-state index is -0.673. The summed E-state index contributed by atoms with van der Waals surface area (Å²) in [5.41, 5.74) is 1.42. The second-order valence-corrected chi connectivity index (χ2v) is 5.12. The molecule has 0 saturated carbocycles. The number of ether oxygens (including phenoxy) is 1. The van der Waals surface area contributed by atoms with Crippen molar-refractivity contribution in [1.82, 2.24) is 0 Å². The molecule has 0 heterocycles. The quantitative estimate of drug-likeness (QED) is 0.840. The summed E-state index contributed by atoms with van der Waals surface area (Å²) in [6.45, 7) is 0. The smallest absolute Gasteiger partial charge is 0.332 e. The van der Waals surface area contributed by atoms with E-state index < -0.39 is 12.0 Å². The van der Waals surface area contributed by atoms with Crippen LogP contribution < -0.4 is 5.32 Å². The van der Waals surface area contributed by atoms with Crippen molar-refractivity contribution < 1.29 is 14.6 Å². The first kappa shape index (κ1) is 14.4. The lowest BCUT2D eigenvalue weighted by atomic mass is 10.1. The molecule has 2 rings (SSSR count). The largest absolute Gasteiger partial charge is 0.508 e. The van der Waals surface area contributed by atoms with E-state index in [9.17, 15) is 9.90 Å². The minimum Gasteiger partial charge on any atom is -0.508 e. The Morgan fingerprint density at radius 3 is 2.55 bits per heavy atom. The van der Waals surface area contributed by atoms with Crippen molar-refractivity contribution in [2.24, 2.45) is 0 Å². The molecule has 2 N–H and O–H groups in total. The Morgan fingerprint density at radius 2 is 1.95 bits per heavy atom. The summed E-state index contributed by atoms with van der Waals surface area (Å²) in [5.74, 6) is -0.312. The van der Waals surface area contributed by atoms with Crippen LogP contribution in [0, 0.1) is 0 Å². The van der Waals surface area contributed by atoms with E-state index in [1.54, 1.807) is 18.2 Å². The lowest BCUT2D eigenvalue weighted by molar-refractivity contribution is -0.141. The molecular weight excluding hydrogens is 322 g/mol. The van der Waals surface area contributed by atoms with Crippen LogP contribution in [-0.2, 0) is 9.53 Å². The molecule has 0 aromatic heterocycles. The maximum Gasteiger partial charge on any atom is 0.332 e. The summed E-state index contributed by atoms with van der Waals surface area (Å²) in [7, 11) is 1.33. The van der Waals surface area contributed by atoms with Gasteiger partial charge in [0.25, 0.3) is 0 Å². The third kappa shape index (κ3) is 3.51. The highest BCUT2D eigenvalue weighted by Crippen LogP contribution is 2.24. The van der Waals surface area contributed by atoms with Crippen molar-refractivity contribution in [2.45, 2.75) is 6.04 Å². The normalized spacial score (nSPS) is 11.7. The number of carbonyl (C=O) groups is 1. The Kier molecular flexibility index (Phi) is 4.63. The zero-order valence-electron chi connectivity index (χ0n) is 10.8. The van der Waals surface area contributed by atoms with Crippen molar-refractivity contribution in [3.63, 3.8) is 0 Å². The lowest BCUT2D eigenvalue weighted by Gasteiger charge is -2.18. The maximum absolute atomic E-state index is 11.9. The summed E-state index contributed by atoms with van der Waals surface area (Å²) in [4.78, 5) is 11.9. The summed E-state index contributed by atoms with van der Waals surface area (Å²) < 4.78 is 5.76. The van der Waals surface area contributed by atoms with Crippen LogP contribution in [0.3, 0.4) is 0 Å². The van der Waals surface area contributed by atoms with Gasteiger partial charge < -0.3 is 15.2 Å². The van der Waals surface area contributed by atoms with Gasteiger partial charge in [-0.05, 0) is 42.0 Å². The van der Waals surface area contributed by atoms with Gasteiger partial charge in [-0.3, -0.25) is 0 Å². The highest BCUT2D eigenvalue weighted by Gasteiger charge is 2.21. The highest BCUT2D eigenvalue weighted by atomic mass is 79.9. The Labute approximate surface area is 125 Å². The van der Waals surface area contributed by atoms with E-state index in [-0.39, 0.29) is 5.75 Å². The van der Waals surface area contributed by atoms with Crippen LogP contribution in [0.2, 0.25) is 0 Å². The second kappa shape index (κ2) is 6.43. The van der Waals surface area contributed by atoms with E-state index in [0.717, 1.165) is 10.2 Å². The molecule has 20 heavy (non-hydrogen) atoms. The predicted molar refractivity (Wildman–Crippen MR) is 80.6 cm³/mol. The summed E-state index contributed by atoms with van der Waals surface area (Å²) in [5, 5.41) is 12.6. The number of rotatable bonds is 4. The topological polar surface area (TPSA) is 58.6 Å². The molecule has 0 aliphatic rings. The number of anilines is 1. The van der Waals surface area contributed by atoms with Gasteiger partial charge in [0.1, 0.15) is 5.75 Å². The highest BCUT2D eigenvalue weighted by molar-refractivity contribution is 9.10. The molecule has 0 bridgehead atoms. The standard InChI is InChI=1S/C15H14BrNO3/c1-20-15(19)14(10-3-2-4-13(18)9-10)17-12-7-5-11(16)6-8-12/h2-9,14,17-18H,1H3. The number of methoxy groups -OCH3 is 1. The summed E-state index contributed by atoms with van der Waals surface area (Å²) >= 11 is 3.36. The van der Waals surface area contributed by atoms with Crippen molar-refractivity contribution in [1.29, 1.82) is 0 Å². The molecule has 0 aliphatic carbocycles.